The molecule has 1 aromatic heterocycles. The van der Waals surface area contributed by atoms with E-state index < -0.39 is 0 Å². The van der Waals surface area contributed by atoms with Crippen LogP contribution in [0, 0.1) is 5.92 Å². The van der Waals surface area contributed by atoms with Gasteiger partial charge in [-0.2, -0.15) is 0 Å². The summed E-state index contributed by atoms with van der Waals surface area (Å²) in [5.74, 6) is 1.86. The second kappa shape index (κ2) is 6.39. The summed E-state index contributed by atoms with van der Waals surface area (Å²) in [5, 5.41) is 0. The van der Waals surface area contributed by atoms with Crippen LogP contribution in [-0.4, -0.2) is 24.0 Å². The van der Waals surface area contributed by atoms with Crippen molar-refractivity contribution < 1.29 is 4.42 Å². The number of hydrogen-bond donors (Lipinski definition) is 1. The molecule has 3 unspecified atom stereocenters. The topological polar surface area (TPSA) is 42.4 Å². The first kappa shape index (κ1) is 13.6. The molecule has 0 spiro atoms. The Morgan fingerprint density at radius 3 is 2.94 bits per heavy atom. The third kappa shape index (κ3) is 3.15. The standard InChI is InChI=1S/C15H26N2O/c1-3-13(16)15(14-7-5-11-18-14)17-9-4-6-12(2)8-10-17/h5,7,11-13,15H,3-4,6,8-10,16H2,1-2H3. The number of likely N-dealkylation sites (tertiary alicyclic amines) is 1. The van der Waals surface area contributed by atoms with Crippen molar-refractivity contribution in [1.82, 2.24) is 4.90 Å². The van der Waals surface area contributed by atoms with Gasteiger partial charge < -0.3 is 10.2 Å². The van der Waals surface area contributed by atoms with E-state index in [4.69, 9.17) is 10.2 Å². The molecule has 1 saturated heterocycles. The van der Waals surface area contributed by atoms with Gasteiger partial charge in [-0.3, -0.25) is 4.90 Å². The molecule has 0 radical (unpaired) electrons. The van der Waals surface area contributed by atoms with Gasteiger partial charge in [-0.05, 0) is 56.8 Å². The number of furan rings is 1. The lowest BCUT2D eigenvalue weighted by atomic mass is 10.0. The molecule has 0 saturated carbocycles. The highest BCUT2D eigenvalue weighted by molar-refractivity contribution is 5.08. The van der Waals surface area contributed by atoms with Crippen LogP contribution in [0.2, 0.25) is 0 Å². The Morgan fingerprint density at radius 2 is 2.28 bits per heavy atom. The summed E-state index contributed by atoms with van der Waals surface area (Å²) in [4.78, 5) is 2.52. The molecular formula is C15H26N2O. The largest absolute Gasteiger partial charge is 0.468 e. The number of nitrogens with zero attached hydrogens (tertiary/aromatic N) is 1. The summed E-state index contributed by atoms with van der Waals surface area (Å²) in [7, 11) is 0. The van der Waals surface area contributed by atoms with E-state index >= 15 is 0 Å². The van der Waals surface area contributed by atoms with Crippen molar-refractivity contribution >= 4 is 0 Å². The van der Waals surface area contributed by atoms with Crippen molar-refractivity contribution in [2.24, 2.45) is 11.7 Å². The highest BCUT2D eigenvalue weighted by Gasteiger charge is 2.29. The van der Waals surface area contributed by atoms with Gasteiger partial charge >= 0.3 is 0 Å². The van der Waals surface area contributed by atoms with Gasteiger partial charge in [0.2, 0.25) is 0 Å². The van der Waals surface area contributed by atoms with Crippen molar-refractivity contribution in [2.75, 3.05) is 13.1 Å². The van der Waals surface area contributed by atoms with Gasteiger partial charge in [-0.15, -0.1) is 0 Å². The Morgan fingerprint density at radius 1 is 1.44 bits per heavy atom. The molecule has 1 aromatic rings. The Labute approximate surface area is 110 Å². The maximum atomic E-state index is 6.32. The maximum absolute atomic E-state index is 6.32. The van der Waals surface area contributed by atoms with E-state index in [-0.39, 0.29) is 12.1 Å². The second-order valence-corrected chi connectivity index (χ2v) is 5.60. The van der Waals surface area contributed by atoms with Crippen molar-refractivity contribution in [2.45, 2.75) is 51.6 Å². The zero-order valence-electron chi connectivity index (χ0n) is 11.6. The molecule has 1 aliphatic heterocycles. The van der Waals surface area contributed by atoms with E-state index in [0.29, 0.717) is 0 Å². The van der Waals surface area contributed by atoms with Crippen LogP contribution in [0.1, 0.15) is 51.3 Å². The van der Waals surface area contributed by atoms with Gasteiger partial charge in [-0.1, -0.05) is 13.8 Å². The summed E-state index contributed by atoms with van der Waals surface area (Å²) in [5.41, 5.74) is 6.32. The van der Waals surface area contributed by atoms with E-state index in [1.54, 1.807) is 6.26 Å². The van der Waals surface area contributed by atoms with Crippen molar-refractivity contribution in [3.63, 3.8) is 0 Å². The van der Waals surface area contributed by atoms with Crippen LogP contribution in [0.3, 0.4) is 0 Å². The van der Waals surface area contributed by atoms with E-state index in [1.165, 1.54) is 19.3 Å². The third-order valence-corrected chi connectivity index (χ3v) is 4.16. The van der Waals surface area contributed by atoms with Gasteiger partial charge in [0.1, 0.15) is 5.76 Å². The lowest BCUT2D eigenvalue weighted by Crippen LogP contribution is -2.41. The minimum atomic E-state index is 0.157. The average molecular weight is 250 g/mol. The van der Waals surface area contributed by atoms with Gasteiger partial charge in [0.05, 0.1) is 12.3 Å². The van der Waals surface area contributed by atoms with E-state index in [1.807, 2.05) is 6.07 Å². The predicted molar refractivity (Wildman–Crippen MR) is 74.3 cm³/mol. The Balaban J connectivity index is 2.13. The normalized spacial score (nSPS) is 25.6. The summed E-state index contributed by atoms with van der Waals surface area (Å²) >= 11 is 0. The molecule has 0 bridgehead atoms. The van der Waals surface area contributed by atoms with Gasteiger partial charge in [-0.25, -0.2) is 0 Å². The van der Waals surface area contributed by atoms with E-state index in [0.717, 1.165) is 31.2 Å². The SMILES string of the molecule is CCC(N)C(c1ccco1)N1CCCC(C)CC1. The quantitative estimate of drug-likeness (QED) is 0.892. The first-order valence-electron chi connectivity index (χ1n) is 7.25. The van der Waals surface area contributed by atoms with Crippen LogP contribution in [0.15, 0.2) is 22.8 Å². The monoisotopic (exact) mass is 250 g/mol. The summed E-state index contributed by atoms with van der Waals surface area (Å²) in [6.07, 6.45) is 6.62. The molecule has 0 aromatic carbocycles. The highest BCUT2D eigenvalue weighted by Crippen LogP contribution is 2.29. The first-order valence-corrected chi connectivity index (χ1v) is 7.25. The fraction of sp³-hybridized carbons (Fsp3) is 0.733. The highest BCUT2D eigenvalue weighted by atomic mass is 16.3. The minimum Gasteiger partial charge on any atom is -0.468 e. The van der Waals surface area contributed by atoms with Crippen molar-refractivity contribution in [1.29, 1.82) is 0 Å². The average Bonchev–Trinajstić information content (AvgIpc) is 2.80. The number of nitrogens with two attached hydrogens (primary N) is 1. The molecule has 2 heterocycles. The van der Waals surface area contributed by atoms with Crippen LogP contribution in [0.5, 0.6) is 0 Å². The number of hydrogen-bond acceptors (Lipinski definition) is 3. The molecule has 102 valence electrons. The third-order valence-electron chi connectivity index (χ3n) is 4.16. The molecule has 18 heavy (non-hydrogen) atoms. The summed E-state index contributed by atoms with van der Waals surface area (Å²) < 4.78 is 5.62. The van der Waals surface area contributed by atoms with Crippen LogP contribution in [-0.2, 0) is 0 Å². The van der Waals surface area contributed by atoms with Crippen LogP contribution >= 0.6 is 0 Å². The molecule has 1 aliphatic rings. The Bertz CT molecular complexity index is 336. The predicted octanol–water partition coefficient (Wildman–Crippen LogP) is 3.18. The lowest BCUT2D eigenvalue weighted by molar-refractivity contribution is 0.152. The molecule has 2 N–H and O–H groups in total. The molecule has 3 nitrogen and oxygen atoms in total. The fourth-order valence-electron chi connectivity index (χ4n) is 2.91. The lowest BCUT2D eigenvalue weighted by Gasteiger charge is -2.33. The van der Waals surface area contributed by atoms with E-state index in [2.05, 4.69) is 24.8 Å². The van der Waals surface area contributed by atoms with Gasteiger partial charge in [0.15, 0.2) is 0 Å². The summed E-state index contributed by atoms with van der Waals surface area (Å²) in [6.45, 7) is 6.79. The molecule has 1 fully saturated rings. The van der Waals surface area contributed by atoms with Gasteiger partial charge in [0.25, 0.3) is 0 Å². The zero-order chi connectivity index (χ0) is 13.0. The molecule has 0 aliphatic carbocycles. The second-order valence-electron chi connectivity index (χ2n) is 5.60. The van der Waals surface area contributed by atoms with Gasteiger partial charge in [0, 0.05) is 6.04 Å². The molecule has 2 rings (SSSR count). The zero-order valence-corrected chi connectivity index (χ0v) is 11.6. The van der Waals surface area contributed by atoms with Crippen LogP contribution in [0.4, 0.5) is 0 Å². The maximum Gasteiger partial charge on any atom is 0.122 e. The first-order chi connectivity index (χ1) is 8.72. The van der Waals surface area contributed by atoms with E-state index in [9.17, 15) is 0 Å². The fourth-order valence-corrected chi connectivity index (χ4v) is 2.91. The smallest absolute Gasteiger partial charge is 0.122 e. The summed E-state index contributed by atoms with van der Waals surface area (Å²) in [6, 6.07) is 4.43. The molecule has 3 heteroatoms. The molecular weight excluding hydrogens is 224 g/mol. The van der Waals surface area contributed by atoms with Crippen LogP contribution in [0.25, 0.3) is 0 Å². The Kier molecular flexibility index (Phi) is 4.84. The minimum absolute atomic E-state index is 0.157. The Hall–Kier alpha value is -0.800. The van der Waals surface area contributed by atoms with Crippen molar-refractivity contribution in [3.05, 3.63) is 24.2 Å². The molecule has 3 atom stereocenters. The molecule has 0 amide bonds. The van der Waals surface area contributed by atoms with Crippen LogP contribution < -0.4 is 5.73 Å². The number of rotatable bonds is 4. The van der Waals surface area contributed by atoms with Crippen molar-refractivity contribution in [3.8, 4) is 0 Å².